The Morgan fingerprint density at radius 2 is 1.95 bits per heavy atom. The van der Waals surface area contributed by atoms with Crippen LogP contribution in [0.4, 0.5) is 0 Å². The molecule has 1 atom stereocenters. The third kappa shape index (κ3) is 3.82. The summed E-state index contributed by atoms with van der Waals surface area (Å²) in [7, 11) is 1.84. The molecular weight excluding hydrogens is 282 g/mol. The molecule has 1 amide bonds. The molecule has 0 saturated heterocycles. The Labute approximate surface area is 128 Å². The first-order valence-electron chi connectivity index (χ1n) is 6.72. The highest BCUT2D eigenvalue weighted by Crippen LogP contribution is 2.20. The zero-order valence-corrected chi connectivity index (χ0v) is 12.4. The number of nitrogens with one attached hydrogen (secondary N) is 1. The van der Waals surface area contributed by atoms with Gasteiger partial charge in [-0.25, -0.2) is 9.78 Å². The van der Waals surface area contributed by atoms with Gasteiger partial charge < -0.3 is 15.0 Å². The van der Waals surface area contributed by atoms with Crippen LogP contribution in [0, 0.1) is 6.92 Å². The standard InChI is InChI=1S/C16H17N3O3/c1-11-3-5-12(6-4-11)15(16-17-9-10-19(16)2)18-13(20)7-8-14(21)22/h3-10,15H,1-2H3,(H,18,20)(H,21,22)/b8-7-. The van der Waals surface area contributed by atoms with E-state index in [0.717, 1.165) is 23.3 Å². The summed E-state index contributed by atoms with van der Waals surface area (Å²) >= 11 is 0. The number of aliphatic carboxylic acids is 1. The van der Waals surface area contributed by atoms with Gasteiger partial charge in [-0.3, -0.25) is 4.79 Å². The number of carboxylic acids is 1. The van der Waals surface area contributed by atoms with Crippen molar-refractivity contribution in [2.75, 3.05) is 0 Å². The first kappa shape index (κ1) is 15.5. The van der Waals surface area contributed by atoms with Crippen molar-refractivity contribution in [2.24, 2.45) is 7.05 Å². The maximum absolute atomic E-state index is 11.9. The number of amides is 1. The maximum Gasteiger partial charge on any atom is 0.328 e. The zero-order chi connectivity index (χ0) is 16.1. The lowest BCUT2D eigenvalue weighted by Crippen LogP contribution is -2.29. The van der Waals surface area contributed by atoms with Gasteiger partial charge in [-0.1, -0.05) is 29.8 Å². The number of carbonyl (C=O) groups excluding carboxylic acids is 1. The predicted octanol–water partition coefficient (Wildman–Crippen LogP) is 1.57. The highest BCUT2D eigenvalue weighted by Gasteiger charge is 2.19. The number of rotatable bonds is 5. The highest BCUT2D eigenvalue weighted by atomic mass is 16.4. The third-order valence-corrected chi connectivity index (χ3v) is 3.19. The van der Waals surface area contributed by atoms with Gasteiger partial charge in [-0.05, 0) is 12.5 Å². The number of aryl methyl sites for hydroxylation is 2. The van der Waals surface area contributed by atoms with Crippen LogP contribution in [-0.2, 0) is 16.6 Å². The summed E-state index contributed by atoms with van der Waals surface area (Å²) in [5.41, 5.74) is 1.98. The van der Waals surface area contributed by atoms with Crippen LogP contribution in [0.2, 0.25) is 0 Å². The van der Waals surface area contributed by atoms with Crippen molar-refractivity contribution in [3.05, 3.63) is 65.8 Å². The van der Waals surface area contributed by atoms with Gasteiger partial charge in [-0.2, -0.15) is 0 Å². The minimum Gasteiger partial charge on any atom is -0.478 e. The molecule has 1 aromatic carbocycles. The molecule has 2 aromatic rings. The highest BCUT2D eigenvalue weighted by molar-refractivity contribution is 5.94. The van der Waals surface area contributed by atoms with E-state index in [4.69, 9.17) is 5.11 Å². The quantitative estimate of drug-likeness (QED) is 0.821. The summed E-state index contributed by atoms with van der Waals surface area (Å²) in [5.74, 6) is -0.990. The number of benzene rings is 1. The SMILES string of the molecule is Cc1ccc(C(NC(=O)/C=C\C(=O)O)c2nccn2C)cc1. The number of imidazole rings is 1. The van der Waals surface area contributed by atoms with Crippen LogP contribution < -0.4 is 5.32 Å². The molecule has 1 heterocycles. The van der Waals surface area contributed by atoms with Crippen LogP contribution in [0.25, 0.3) is 0 Å². The average molecular weight is 299 g/mol. The van der Waals surface area contributed by atoms with Crippen molar-refractivity contribution in [1.82, 2.24) is 14.9 Å². The number of hydrogen-bond acceptors (Lipinski definition) is 3. The molecule has 1 unspecified atom stereocenters. The Bertz CT molecular complexity index is 702. The number of hydrogen-bond donors (Lipinski definition) is 2. The van der Waals surface area contributed by atoms with E-state index < -0.39 is 17.9 Å². The second kappa shape index (κ2) is 6.71. The molecule has 0 aliphatic heterocycles. The normalized spacial score (nSPS) is 12.3. The molecule has 0 aliphatic carbocycles. The first-order chi connectivity index (χ1) is 10.5. The fourth-order valence-corrected chi connectivity index (χ4v) is 2.05. The molecule has 0 bridgehead atoms. The smallest absolute Gasteiger partial charge is 0.328 e. The summed E-state index contributed by atoms with van der Waals surface area (Å²) in [6, 6.07) is 7.27. The van der Waals surface area contributed by atoms with Crippen molar-refractivity contribution < 1.29 is 14.7 Å². The summed E-state index contributed by atoms with van der Waals surface area (Å²) in [6.45, 7) is 1.98. The molecule has 2 N–H and O–H groups in total. The lowest BCUT2D eigenvalue weighted by Gasteiger charge is -2.18. The van der Waals surface area contributed by atoms with Crippen molar-refractivity contribution in [3.63, 3.8) is 0 Å². The Morgan fingerprint density at radius 3 is 2.50 bits per heavy atom. The van der Waals surface area contributed by atoms with Crippen molar-refractivity contribution in [1.29, 1.82) is 0 Å². The molecule has 0 aliphatic rings. The lowest BCUT2D eigenvalue weighted by molar-refractivity contribution is -0.131. The van der Waals surface area contributed by atoms with E-state index in [2.05, 4.69) is 10.3 Å². The molecule has 0 saturated carbocycles. The van der Waals surface area contributed by atoms with Gasteiger partial charge in [0.2, 0.25) is 5.91 Å². The van der Waals surface area contributed by atoms with Crippen LogP contribution >= 0.6 is 0 Å². The number of aromatic nitrogens is 2. The van der Waals surface area contributed by atoms with E-state index in [1.54, 1.807) is 12.4 Å². The van der Waals surface area contributed by atoms with Crippen LogP contribution in [0.15, 0.2) is 48.8 Å². The second-order valence-electron chi connectivity index (χ2n) is 4.92. The summed E-state index contributed by atoms with van der Waals surface area (Å²) in [6.07, 6.45) is 5.23. The first-order valence-corrected chi connectivity index (χ1v) is 6.72. The molecular formula is C16H17N3O3. The van der Waals surface area contributed by atoms with Gasteiger partial charge in [0, 0.05) is 31.6 Å². The van der Waals surface area contributed by atoms with E-state index in [1.165, 1.54) is 0 Å². The second-order valence-corrected chi connectivity index (χ2v) is 4.92. The zero-order valence-electron chi connectivity index (χ0n) is 12.4. The Hall–Kier alpha value is -2.89. The van der Waals surface area contributed by atoms with Crippen LogP contribution in [-0.4, -0.2) is 26.5 Å². The fourth-order valence-electron chi connectivity index (χ4n) is 2.05. The predicted molar refractivity (Wildman–Crippen MR) is 81.1 cm³/mol. The summed E-state index contributed by atoms with van der Waals surface area (Å²) in [5, 5.41) is 11.4. The minimum absolute atomic E-state index is 0.452. The maximum atomic E-state index is 11.9. The number of nitrogens with zero attached hydrogens (tertiary/aromatic N) is 2. The molecule has 0 fully saturated rings. The van der Waals surface area contributed by atoms with E-state index >= 15 is 0 Å². The van der Waals surface area contributed by atoms with Crippen molar-refractivity contribution in [2.45, 2.75) is 13.0 Å². The summed E-state index contributed by atoms with van der Waals surface area (Å²) in [4.78, 5) is 26.7. The molecule has 0 spiro atoms. The van der Waals surface area contributed by atoms with Gasteiger partial charge in [-0.15, -0.1) is 0 Å². The van der Waals surface area contributed by atoms with Gasteiger partial charge in [0.15, 0.2) is 0 Å². The van der Waals surface area contributed by atoms with Crippen LogP contribution in [0.1, 0.15) is 23.0 Å². The third-order valence-electron chi connectivity index (χ3n) is 3.19. The Kier molecular flexibility index (Phi) is 4.73. The van der Waals surface area contributed by atoms with Crippen LogP contribution in [0.3, 0.4) is 0 Å². The molecule has 6 heteroatoms. The van der Waals surface area contributed by atoms with Gasteiger partial charge >= 0.3 is 5.97 Å². The number of carboxylic acid groups (broad SMARTS) is 1. The van der Waals surface area contributed by atoms with E-state index in [9.17, 15) is 9.59 Å². The Morgan fingerprint density at radius 1 is 1.27 bits per heavy atom. The van der Waals surface area contributed by atoms with Crippen LogP contribution in [0.5, 0.6) is 0 Å². The summed E-state index contributed by atoms with van der Waals surface area (Å²) < 4.78 is 1.81. The van der Waals surface area contributed by atoms with Gasteiger partial charge in [0.25, 0.3) is 0 Å². The fraction of sp³-hybridized carbons (Fsp3) is 0.188. The van der Waals surface area contributed by atoms with Gasteiger partial charge in [0.05, 0.1) is 0 Å². The Balaban J connectivity index is 2.30. The van der Waals surface area contributed by atoms with E-state index in [-0.39, 0.29) is 0 Å². The monoisotopic (exact) mass is 299 g/mol. The lowest BCUT2D eigenvalue weighted by atomic mass is 10.0. The van der Waals surface area contributed by atoms with Crippen molar-refractivity contribution in [3.8, 4) is 0 Å². The topological polar surface area (TPSA) is 84.2 Å². The van der Waals surface area contributed by atoms with Crippen molar-refractivity contribution >= 4 is 11.9 Å². The molecule has 6 nitrogen and oxygen atoms in total. The largest absolute Gasteiger partial charge is 0.478 e. The molecule has 114 valence electrons. The molecule has 0 radical (unpaired) electrons. The van der Waals surface area contributed by atoms with Gasteiger partial charge in [0.1, 0.15) is 11.9 Å². The van der Waals surface area contributed by atoms with E-state index in [1.807, 2.05) is 42.8 Å². The number of carbonyl (C=O) groups is 2. The molecule has 2 rings (SSSR count). The molecule has 22 heavy (non-hydrogen) atoms. The average Bonchev–Trinajstić information content (AvgIpc) is 2.90. The molecule has 1 aromatic heterocycles. The minimum atomic E-state index is -1.17. The van der Waals surface area contributed by atoms with E-state index in [0.29, 0.717) is 5.82 Å².